The number of benzene rings is 1. The number of methoxy groups -OCH3 is 1. The standard InChI is InChI=1S/C15H22N4O/c1-15(2,20-4)9-10-16-13-7-5-12(6-8-13)14-18-17-11-19(14)3/h5-8,11,16H,9-10H2,1-4H3. The zero-order valence-electron chi connectivity index (χ0n) is 12.6. The monoisotopic (exact) mass is 274 g/mol. The molecule has 0 radical (unpaired) electrons. The number of anilines is 1. The van der Waals surface area contributed by atoms with E-state index in [9.17, 15) is 0 Å². The van der Waals surface area contributed by atoms with Gasteiger partial charge in [-0.3, -0.25) is 0 Å². The predicted molar refractivity (Wildman–Crippen MR) is 80.6 cm³/mol. The van der Waals surface area contributed by atoms with Gasteiger partial charge < -0.3 is 14.6 Å². The molecule has 5 nitrogen and oxygen atoms in total. The van der Waals surface area contributed by atoms with Crippen molar-refractivity contribution in [1.82, 2.24) is 14.8 Å². The molecule has 2 rings (SSSR count). The minimum atomic E-state index is -0.0917. The van der Waals surface area contributed by atoms with Gasteiger partial charge in [-0.15, -0.1) is 10.2 Å². The van der Waals surface area contributed by atoms with E-state index in [1.807, 2.05) is 23.7 Å². The molecule has 0 spiro atoms. The first-order chi connectivity index (χ1) is 9.52. The van der Waals surface area contributed by atoms with Gasteiger partial charge in [0, 0.05) is 32.0 Å². The normalized spacial score (nSPS) is 11.6. The van der Waals surface area contributed by atoms with Gasteiger partial charge >= 0.3 is 0 Å². The third kappa shape index (κ3) is 3.57. The van der Waals surface area contributed by atoms with Crippen LogP contribution in [0.2, 0.25) is 0 Å². The summed E-state index contributed by atoms with van der Waals surface area (Å²) in [6, 6.07) is 8.22. The fourth-order valence-electron chi connectivity index (χ4n) is 1.89. The van der Waals surface area contributed by atoms with Crippen LogP contribution in [0.3, 0.4) is 0 Å². The van der Waals surface area contributed by atoms with Crippen LogP contribution < -0.4 is 5.32 Å². The number of nitrogens with one attached hydrogen (secondary N) is 1. The number of aryl methyl sites for hydroxylation is 1. The molecule has 0 aliphatic heterocycles. The van der Waals surface area contributed by atoms with Crippen molar-refractivity contribution in [2.75, 3.05) is 19.0 Å². The van der Waals surface area contributed by atoms with Crippen molar-refractivity contribution < 1.29 is 4.74 Å². The van der Waals surface area contributed by atoms with Crippen molar-refractivity contribution >= 4 is 5.69 Å². The second-order valence-corrected chi connectivity index (χ2v) is 5.48. The summed E-state index contributed by atoms with van der Waals surface area (Å²) < 4.78 is 7.31. The fourth-order valence-corrected chi connectivity index (χ4v) is 1.89. The SMILES string of the molecule is COC(C)(C)CCNc1ccc(-c2nncn2C)cc1. The maximum Gasteiger partial charge on any atom is 0.163 e. The summed E-state index contributed by atoms with van der Waals surface area (Å²) in [5.74, 6) is 0.872. The second kappa shape index (κ2) is 6.05. The van der Waals surface area contributed by atoms with Gasteiger partial charge in [0.05, 0.1) is 5.60 Å². The molecule has 2 aromatic rings. The molecule has 0 aliphatic rings. The zero-order chi connectivity index (χ0) is 14.6. The average molecular weight is 274 g/mol. The van der Waals surface area contributed by atoms with Crippen molar-refractivity contribution in [2.24, 2.45) is 7.05 Å². The van der Waals surface area contributed by atoms with E-state index in [4.69, 9.17) is 4.74 Å². The number of nitrogens with zero attached hydrogens (tertiary/aromatic N) is 3. The zero-order valence-corrected chi connectivity index (χ0v) is 12.6. The van der Waals surface area contributed by atoms with Crippen LogP contribution in [0, 0.1) is 0 Å². The summed E-state index contributed by atoms with van der Waals surface area (Å²) in [5.41, 5.74) is 2.07. The summed E-state index contributed by atoms with van der Waals surface area (Å²) in [7, 11) is 3.68. The van der Waals surface area contributed by atoms with Crippen LogP contribution in [0.15, 0.2) is 30.6 Å². The lowest BCUT2D eigenvalue weighted by Gasteiger charge is -2.23. The maximum atomic E-state index is 5.40. The Bertz CT molecular complexity index is 545. The highest BCUT2D eigenvalue weighted by Crippen LogP contribution is 2.19. The van der Waals surface area contributed by atoms with E-state index in [1.54, 1.807) is 13.4 Å². The summed E-state index contributed by atoms with van der Waals surface area (Å²) in [5, 5.41) is 11.4. The van der Waals surface area contributed by atoms with Gasteiger partial charge in [0.2, 0.25) is 0 Å². The van der Waals surface area contributed by atoms with Crippen LogP contribution in [0.25, 0.3) is 11.4 Å². The summed E-state index contributed by atoms with van der Waals surface area (Å²) in [4.78, 5) is 0. The van der Waals surface area contributed by atoms with Crippen LogP contribution in [-0.4, -0.2) is 34.0 Å². The maximum absolute atomic E-state index is 5.40. The Hall–Kier alpha value is -1.88. The number of aromatic nitrogens is 3. The molecule has 0 aliphatic carbocycles. The molecule has 0 bridgehead atoms. The van der Waals surface area contributed by atoms with Crippen molar-refractivity contribution in [3.63, 3.8) is 0 Å². The summed E-state index contributed by atoms with van der Waals surface area (Å²) in [6.45, 7) is 5.06. The molecule has 0 amide bonds. The Balaban J connectivity index is 1.94. The minimum Gasteiger partial charge on any atom is -0.385 e. The third-order valence-corrected chi connectivity index (χ3v) is 3.46. The third-order valence-electron chi connectivity index (χ3n) is 3.46. The molecule has 0 fully saturated rings. The molecule has 1 aromatic carbocycles. The van der Waals surface area contributed by atoms with Gasteiger partial charge in [0.25, 0.3) is 0 Å². The second-order valence-electron chi connectivity index (χ2n) is 5.48. The first-order valence-corrected chi connectivity index (χ1v) is 6.75. The lowest BCUT2D eigenvalue weighted by atomic mass is 10.1. The summed E-state index contributed by atoms with van der Waals surface area (Å²) >= 11 is 0. The first kappa shape index (κ1) is 14.5. The molecule has 0 saturated carbocycles. The van der Waals surface area contributed by atoms with E-state index in [-0.39, 0.29) is 5.60 Å². The molecule has 20 heavy (non-hydrogen) atoms. The predicted octanol–water partition coefficient (Wildman–Crippen LogP) is 2.71. The highest BCUT2D eigenvalue weighted by molar-refractivity contribution is 5.59. The van der Waals surface area contributed by atoms with Gasteiger partial charge in [-0.1, -0.05) is 0 Å². The van der Waals surface area contributed by atoms with E-state index in [1.165, 1.54) is 0 Å². The van der Waals surface area contributed by atoms with Gasteiger partial charge in [-0.2, -0.15) is 0 Å². The van der Waals surface area contributed by atoms with Gasteiger partial charge in [0.1, 0.15) is 6.33 Å². The molecule has 1 heterocycles. The quantitative estimate of drug-likeness (QED) is 0.880. The van der Waals surface area contributed by atoms with Crippen LogP contribution in [0.4, 0.5) is 5.69 Å². The van der Waals surface area contributed by atoms with Crippen LogP contribution >= 0.6 is 0 Å². The van der Waals surface area contributed by atoms with Gasteiger partial charge in [-0.25, -0.2) is 0 Å². The Kier molecular flexibility index (Phi) is 4.39. The minimum absolute atomic E-state index is 0.0917. The van der Waals surface area contributed by atoms with E-state index in [0.29, 0.717) is 0 Å². The molecular formula is C15H22N4O. The Morgan fingerprint density at radius 3 is 2.50 bits per heavy atom. The fraction of sp³-hybridized carbons (Fsp3) is 0.467. The average Bonchev–Trinajstić information content (AvgIpc) is 2.86. The van der Waals surface area contributed by atoms with Gasteiger partial charge in [-0.05, 0) is 44.5 Å². The smallest absolute Gasteiger partial charge is 0.163 e. The molecule has 108 valence electrons. The Morgan fingerprint density at radius 2 is 1.95 bits per heavy atom. The molecule has 5 heteroatoms. The largest absolute Gasteiger partial charge is 0.385 e. The van der Waals surface area contributed by atoms with E-state index in [2.05, 4.69) is 41.5 Å². The molecule has 0 saturated heterocycles. The Morgan fingerprint density at radius 1 is 1.25 bits per heavy atom. The van der Waals surface area contributed by atoms with Gasteiger partial charge in [0.15, 0.2) is 5.82 Å². The molecule has 1 aromatic heterocycles. The highest BCUT2D eigenvalue weighted by atomic mass is 16.5. The van der Waals surface area contributed by atoms with Crippen molar-refractivity contribution in [3.8, 4) is 11.4 Å². The lowest BCUT2D eigenvalue weighted by molar-refractivity contribution is 0.0185. The van der Waals surface area contributed by atoms with E-state index >= 15 is 0 Å². The summed E-state index contributed by atoms with van der Waals surface area (Å²) in [6.07, 6.45) is 2.66. The number of rotatable bonds is 6. The topological polar surface area (TPSA) is 52.0 Å². The highest BCUT2D eigenvalue weighted by Gasteiger charge is 2.15. The molecular weight excluding hydrogens is 252 g/mol. The number of hydrogen-bond donors (Lipinski definition) is 1. The van der Waals surface area contributed by atoms with Crippen molar-refractivity contribution in [2.45, 2.75) is 25.9 Å². The van der Waals surface area contributed by atoms with E-state index < -0.39 is 0 Å². The van der Waals surface area contributed by atoms with Crippen LogP contribution in [-0.2, 0) is 11.8 Å². The molecule has 0 atom stereocenters. The molecule has 0 unspecified atom stereocenters. The lowest BCUT2D eigenvalue weighted by Crippen LogP contribution is -2.25. The van der Waals surface area contributed by atoms with Crippen molar-refractivity contribution in [1.29, 1.82) is 0 Å². The van der Waals surface area contributed by atoms with Crippen LogP contribution in [0.5, 0.6) is 0 Å². The number of ether oxygens (including phenoxy) is 1. The Labute approximate surface area is 120 Å². The van der Waals surface area contributed by atoms with Crippen molar-refractivity contribution in [3.05, 3.63) is 30.6 Å². The van der Waals surface area contributed by atoms with Crippen LogP contribution in [0.1, 0.15) is 20.3 Å². The number of hydrogen-bond acceptors (Lipinski definition) is 4. The van der Waals surface area contributed by atoms with E-state index in [0.717, 1.165) is 30.0 Å². The first-order valence-electron chi connectivity index (χ1n) is 6.75. The molecule has 1 N–H and O–H groups in total.